The van der Waals surface area contributed by atoms with E-state index in [2.05, 4.69) is 32.3 Å². The molecule has 1 fully saturated rings. The zero-order chi connectivity index (χ0) is 22.9. The molecule has 6 nitrogen and oxygen atoms in total. The monoisotopic (exact) mass is 527 g/mol. The highest BCUT2D eigenvalue weighted by atomic mass is 79.9. The number of amides is 1. The molecule has 1 amide bonds. The van der Waals surface area contributed by atoms with Crippen LogP contribution in [-0.4, -0.2) is 40.2 Å². The van der Waals surface area contributed by atoms with Gasteiger partial charge in [0.05, 0.1) is 16.7 Å². The van der Waals surface area contributed by atoms with Crippen molar-refractivity contribution in [3.63, 3.8) is 0 Å². The first kappa shape index (κ1) is 22.0. The zero-order valence-corrected chi connectivity index (χ0v) is 20.2. The molecule has 1 aromatic carbocycles. The van der Waals surface area contributed by atoms with Crippen molar-refractivity contribution in [2.24, 2.45) is 0 Å². The fraction of sp³-hybridized carbons (Fsp3) is 0.280. The molecule has 1 aliphatic carbocycles. The molecule has 3 heterocycles. The SMILES string of the molecule is O=C(Oc1cccnc1)N1CCC(=C2c3ccc(Cl)cc3CCC3=C(O)C(Br)=CNC32)CC1. The summed E-state index contributed by atoms with van der Waals surface area (Å²) in [6.07, 6.45) is 7.62. The Bertz CT molecular complexity index is 1180. The Morgan fingerprint density at radius 1 is 1.21 bits per heavy atom. The molecule has 2 aliphatic heterocycles. The summed E-state index contributed by atoms with van der Waals surface area (Å²) in [5, 5.41) is 15.0. The molecule has 1 unspecified atom stereocenters. The lowest BCUT2D eigenvalue weighted by Crippen LogP contribution is -2.39. The van der Waals surface area contributed by atoms with Gasteiger partial charge in [0.15, 0.2) is 5.75 Å². The number of aromatic nitrogens is 1. The van der Waals surface area contributed by atoms with Crippen molar-refractivity contribution in [3.8, 4) is 5.75 Å². The number of nitrogens with zero attached hydrogens (tertiary/aromatic N) is 2. The third-order valence-corrected chi connectivity index (χ3v) is 7.25. The Morgan fingerprint density at radius 2 is 2.03 bits per heavy atom. The number of rotatable bonds is 1. The minimum Gasteiger partial charge on any atom is -0.507 e. The molecule has 1 aromatic heterocycles. The number of halogens is 2. The van der Waals surface area contributed by atoms with Crippen molar-refractivity contribution in [3.05, 3.63) is 86.5 Å². The number of benzene rings is 1. The van der Waals surface area contributed by atoms with Gasteiger partial charge in [-0.25, -0.2) is 4.79 Å². The van der Waals surface area contributed by atoms with E-state index in [1.807, 2.05) is 18.3 Å². The van der Waals surface area contributed by atoms with E-state index in [1.54, 1.807) is 23.2 Å². The number of carbonyl (C=O) groups is 1. The predicted octanol–water partition coefficient (Wildman–Crippen LogP) is 5.75. The van der Waals surface area contributed by atoms with Gasteiger partial charge < -0.3 is 20.1 Å². The number of aliphatic hydroxyl groups excluding tert-OH is 1. The lowest BCUT2D eigenvalue weighted by Gasteiger charge is -2.33. The molecule has 33 heavy (non-hydrogen) atoms. The number of piperidine rings is 1. The third-order valence-electron chi connectivity index (χ3n) is 6.41. The molecule has 0 spiro atoms. The molecule has 8 heteroatoms. The first-order valence-electron chi connectivity index (χ1n) is 10.9. The molecule has 3 aliphatic rings. The van der Waals surface area contributed by atoms with Crippen LogP contribution in [0.5, 0.6) is 5.75 Å². The highest BCUT2D eigenvalue weighted by molar-refractivity contribution is 9.11. The summed E-state index contributed by atoms with van der Waals surface area (Å²) in [5.41, 5.74) is 5.76. The number of dihydropyridines is 1. The summed E-state index contributed by atoms with van der Waals surface area (Å²) in [4.78, 5) is 18.3. The number of hydrogen-bond donors (Lipinski definition) is 2. The standard InChI is InChI=1S/C25H23BrClN3O3/c26-21-14-29-23-20(24(21)31)5-3-16-12-17(27)4-6-19(16)22(23)15-7-10-30(11-8-15)25(32)33-18-2-1-9-28-13-18/h1-2,4,6,9,12-14,23,29,31H,3,5,7-8,10-11H2. The fourth-order valence-corrected chi connectivity index (χ4v) is 5.37. The quantitative estimate of drug-likeness (QED) is 0.493. The molecule has 170 valence electrons. The van der Waals surface area contributed by atoms with E-state index in [0.717, 1.165) is 36.8 Å². The van der Waals surface area contributed by atoms with Gasteiger partial charge >= 0.3 is 6.09 Å². The van der Waals surface area contributed by atoms with Gasteiger partial charge in [-0.05, 0) is 88.2 Å². The molecule has 2 N–H and O–H groups in total. The third kappa shape index (κ3) is 4.39. The topological polar surface area (TPSA) is 74.7 Å². The number of fused-ring (bicyclic) bond motifs is 2. The maximum absolute atomic E-state index is 12.6. The number of aryl methyl sites for hydroxylation is 1. The minimum absolute atomic E-state index is 0.113. The second-order valence-electron chi connectivity index (χ2n) is 8.33. The Kier molecular flexibility index (Phi) is 6.17. The Morgan fingerprint density at radius 3 is 2.79 bits per heavy atom. The van der Waals surface area contributed by atoms with E-state index in [-0.39, 0.29) is 12.1 Å². The van der Waals surface area contributed by atoms with Crippen molar-refractivity contribution in [1.82, 2.24) is 15.2 Å². The Balaban J connectivity index is 1.45. The number of hydrogen-bond acceptors (Lipinski definition) is 5. The lowest BCUT2D eigenvalue weighted by atomic mass is 9.84. The lowest BCUT2D eigenvalue weighted by molar-refractivity contribution is 0.148. The average Bonchev–Trinajstić information content (AvgIpc) is 2.99. The van der Waals surface area contributed by atoms with Gasteiger partial charge in [-0.1, -0.05) is 23.2 Å². The number of likely N-dealkylation sites (tertiary alicyclic amines) is 1. The zero-order valence-electron chi connectivity index (χ0n) is 17.9. The van der Waals surface area contributed by atoms with Gasteiger partial charge in [-0.15, -0.1) is 0 Å². The molecular formula is C25H23BrClN3O3. The number of pyridine rings is 1. The molecule has 1 saturated heterocycles. The van der Waals surface area contributed by atoms with Crippen LogP contribution < -0.4 is 10.1 Å². The summed E-state index contributed by atoms with van der Waals surface area (Å²) < 4.78 is 6.13. The van der Waals surface area contributed by atoms with Crippen LogP contribution >= 0.6 is 27.5 Å². The van der Waals surface area contributed by atoms with Crippen molar-refractivity contribution in [2.75, 3.05) is 13.1 Å². The van der Waals surface area contributed by atoms with Crippen LogP contribution in [0.25, 0.3) is 5.57 Å². The number of allylic oxidation sites excluding steroid dienone is 1. The predicted molar refractivity (Wildman–Crippen MR) is 131 cm³/mol. The van der Waals surface area contributed by atoms with Crippen LogP contribution in [0.4, 0.5) is 4.79 Å². The Labute approximate surface area is 205 Å². The number of nitrogens with one attached hydrogen (secondary N) is 1. The van der Waals surface area contributed by atoms with E-state index in [1.165, 1.54) is 22.9 Å². The molecule has 0 radical (unpaired) electrons. The highest BCUT2D eigenvalue weighted by Gasteiger charge is 2.34. The van der Waals surface area contributed by atoms with Crippen LogP contribution in [0.1, 0.15) is 30.4 Å². The van der Waals surface area contributed by atoms with Crippen molar-refractivity contribution in [2.45, 2.75) is 31.7 Å². The minimum atomic E-state index is -0.360. The van der Waals surface area contributed by atoms with Gasteiger partial charge in [0.25, 0.3) is 0 Å². The van der Waals surface area contributed by atoms with Crippen LogP contribution in [0.3, 0.4) is 0 Å². The maximum Gasteiger partial charge on any atom is 0.415 e. The van der Waals surface area contributed by atoms with Crippen LogP contribution in [0, 0.1) is 0 Å². The van der Waals surface area contributed by atoms with Crippen LogP contribution in [-0.2, 0) is 6.42 Å². The van der Waals surface area contributed by atoms with Gasteiger partial charge in [0.1, 0.15) is 5.76 Å². The molecule has 1 atom stereocenters. The smallest absolute Gasteiger partial charge is 0.415 e. The van der Waals surface area contributed by atoms with Crippen molar-refractivity contribution < 1.29 is 14.6 Å². The first-order valence-corrected chi connectivity index (χ1v) is 12.1. The van der Waals surface area contributed by atoms with E-state index in [0.29, 0.717) is 34.1 Å². The first-order chi connectivity index (χ1) is 16.0. The summed E-state index contributed by atoms with van der Waals surface area (Å²) in [6, 6.07) is 9.37. The van der Waals surface area contributed by atoms with E-state index in [9.17, 15) is 9.90 Å². The molecule has 2 aromatic rings. The van der Waals surface area contributed by atoms with Crippen molar-refractivity contribution >= 4 is 39.2 Å². The van der Waals surface area contributed by atoms with Gasteiger partial charge in [-0.2, -0.15) is 0 Å². The van der Waals surface area contributed by atoms with Gasteiger partial charge in [0, 0.05) is 30.5 Å². The molecular weight excluding hydrogens is 506 g/mol. The maximum atomic E-state index is 12.6. The second kappa shape index (κ2) is 9.23. The van der Waals surface area contributed by atoms with Gasteiger partial charge in [-0.3, -0.25) is 4.98 Å². The highest BCUT2D eigenvalue weighted by Crippen LogP contribution is 2.42. The van der Waals surface area contributed by atoms with Crippen LogP contribution in [0.2, 0.25) is 5.02 Å². The number of aliphatic hydroxyl groups is 1. The summed E-state index contributed by atoms with van der Waals surface area (Å²) in [7, 11) is 0. The van der Waals surface area contributed by atoms with E-state index < -0.39 is 0 Å². The summed E-state index contributed by atoms with van der Waals surface area (Å²) in [5.74, 6) is 0.739. The second-order valence-corrected chi connectivity index (χ2v) is 9.62. The van der Waals surface area contributed by atoms with Crippen LogP contribution in [0.15, 0.2) is 70.3 Å². The van der Waals surface area contributed by atoms with E-state index >= 15 is 0 Å². The average molecular weight is 529 g/mol. The van der Waals surface area contributed by atoms with Crippen molar-refractivity contribution in [1.29, 1.82) is 0 Å². The normalized spacial score (nSPS) is 20.4. The summed E-state index contributed by atoms with van der Waals surface area (Å²) in [6.45, 7) is 1.14. The number of carbonyl (C=O) groups excluding carboxylic acids is 1. The fourth-order valence-electron chi connectivity index (χ4n) is 4.79. The van der Waals surface area contributed by atoms with E-state index in [4.69, 9.17) is 16.3 Å². The largest absolute Gasteiger partial charge is 0.507 e. The summed E-state index contributed by atoms with van der Waals surface area (Å²) >= 11 is 9.76. The molecule has 0 bridgehead atoms. The van der Waals surface area contributed by atoms with Gasteiger partial charge in [0.2, 0.25) is 0 Å². The molecule has 0 saturated carbocycles. The number of ether oxygens (including phenoxy) is 1. The Hall–Kier alpha value is -2.77. The molecule has 5 rings (SSSR count).